The van der Waals surface area contributed by atoms with Crippen LogP contribution in [-0.2, 0) is 0 Å². The summed E-state index contributed by atoms with van der Waals surface area (Å²) in [6.07, 6.45) is 9.03. The zero-order chi connectivity index (χ0) is 29.2. The van der Waals surface area contributed by atoms with E-state index in [9.17, 15) is 0 Å². The third-order valence-corrected chi connectivity index (χ3v) is 8.57. The number of benzene rings is 5. The average molecular weight is 577 g/mol. The van der Waals surface area contributed by atoms with E-state index in [-0.39, 0.29) is 6.17 Å². The minimum atomic E-state index is -0.308. The molecule has 5 aromatic rings. The molecule has 0 amide bonds. The van der Waals surface area contributed by atoms with Gasteiger partial charge in [-0.2, -0.15) is 0 Å². The van der Waals surface area contributed by atoms with Crippen LogP contribution in [0.4, 0.5) is 5.69 Å². The molecule has 4 nitrogen and oxygen atoms in total. The van der Waals surface area contributed by atoms with Crippen LogP contribution in [0.5, 0.6) is 0 Å². The normalized spacial score (nSPS) is 16.8. The molecule has 0 saturated carbocycles. The molecule has 5 heteroatoms. The van der Waals surface area contributed by atoms with Crippen molar-refractivity contribution in [3.8, 4) is 0 Å². The van der Waals surface area contributed by atoms with Gasteiger partial charge in [0.05, 0.1) is 0 Å². The van der Waals surface area contributed by atoms with Gasteiger partial charge >= 0.3 is 0 Å². The van der Waals surface area contributed by atoms with E-state index in [4.69, 9.17) is 22.6 Å². The maximum Gasteiger partial charge on any atom is 0.169 e. The standard InChI is InChI=1S/C38H32N4S/c1-2-25-20-22-31-32(35(25)43)23-21-26-17-11-19-33(34(26)31)39-30-18-10-9-16-29(24-30)38-41-36(27-12-5-3-6-13-27)40-37(42-38)28-14-7-4-8-15-28/h2-8,11-15,17-24,36,39,43H,1,9-10,16H2,(H,40,41,42). The summed E-state index contributed by atoms with van der Waals surface area (Å²) in [5.74, 6) is 1.71. The lowest BCUT2D eigenvalue weighted by Gasteiger charge is -2.23. The Morgan fingerprint density at radius 3 is 2.40 bits per heavy atom. The van der Waals surface area contributed by atoms with Crippen LogP contribution in [-0.4, -0.2) is 11.7 Å². The zero-order valence-electron chi connectivity index (χ0n) is 23.8. The van der Waals surface area contributed by atoms with Crippen LogP contribution in [0.3, 0.4) is 0 Å². The van der Waals surface area contributed by atoms with E-state index in [0.29, 0.717) is 0 Å². The molecule has 0 saturated heterocycles. The molecule has 0 spiro atoms. The number of allylic oxidation sites excluding steroid dienone is 2. The molecule has 0 bridgehead atoms. The van der Waals surface area contributed by atoms with Gasteiger partial charge in [0.2, 0.25) is 0 Å². The van der Waals surface area contributed by atoms with E-state index < -0.39 is 0 Å². The summed E-state index contributed by atoms with van der Waals surface area (Å²) in [6, 6.07) is 35.6. The van der Waals surface area contributed by atoms with Crippen LogP contribution in [0, 0.1) is 0 Å². The van der Waals surface area contributed by atoms with Crippen molar-refractivity contribution in [1.82, 2.24) is 5.32 Å². The minimum Gasteiger partial charge on any atom is -0.355 e. The van der Waals surface area contributed by atoms with Gasteiger partial charge in [-0.1, -0.05) is 116 Å². The van der Waals surface area contributed by atoms with Gasteiger partial charge in [-0.05, 0) is 64.3 Å². The topological polar surface area (TPSA) is 48.8 Å². The second-order valence-electron chi connectivity index (χ2n) is 10.8. The molecule has 1 atom stereocenters. The molecular formula is C38H32N4S. The van der Waals surface area contributed by atoms with Gasteiger partial charge in [0.15, 0.2) is 6.17 Å². The van der Waals surface area contributed by atoms with Crippen LogP contribution in [0.25, 0.3) is 27.6 Å². The molecule has 0 radical (unpaired) electrons. The van der Waals surface area contributed by atoms with Crippen LogP contribution < -0.4 is 10.6 Å². The molecule has 2 aliphatic rings. The molecule has 2 N–H and O–H groups in total. The number of fused-ring (bicyclic) bond motifs is 3. The Kier molecular flexibility index (Phi) is 7.40. The zero-order valence-corrected chi connectivity index (χ0v) is 24.7. The lowest BCUT2D eigenvalue weighted by Crippen LogP contribution is -2.36. The molecule has 0 aromatic heterocycles. The first kappa shape index (κ1) is 27.0. The van der Waals surface area contributed by atoms with Crippen LogP contribution in [0.15, 0.2) is 148 Å². The number of amidine groups is 2. The van der Waals surface area contributed by atoms with E-state index in [1.165, 1.54) is 21.7 Å². The van der Waals surface area contributed by atoms with Gasteiger partial charge < -0.3 is 10.6 Å². The molecule has 0 fully saturated rings. The van der Waals surface area contributed by atoms with Crippen molar-refractivity contribution < 1.29 is 0 Å². The third-order valence-electron chi connectivity index (χ3n) is 8.08. The summed E-state index contributed by atoms with van der Waals surface area (Å²) in [5, 5.41) is 12.0. The first-order chi connectivity index (χ1) is 21.2. The number of thiol groups is 1. The monoisotopic (exact) mass is 576 g/mol. The molecule has 210 valence electrons. The van der Waals surface area contributed by atoms with Gasteiger partial charge in [0.1, 0.15) is 11.7 Å². The summed E-state index contributed by atoms with van der Waals surface area (Å²) >= 11 is 4.84. The fourth-order valence-electron chi connectivity index (χ4n) is 5.89. The molecule has 1 aliphatic carbocycles. The van der Waals surface area contributed by atoms with Crippen LogP contribution in [0.1, 0.15) is 42.1 Å². The van der Waals surface area contributed by atoms with E-state index in [1.54, 1.807) is 0 Å². The Balaban J connectivity index is 1.27. The Morgan fingerprint density at radius 2 is 1.58 bits per heavy atom. The Hall–Kier alpha value is -4.87. The highest BCUT2D eigenvalue weighted by Crippen LogP contribution is 2.37. The first-order valence-electron chi connectivity index (χ1n) is 14.7. The second kappa shape index (κ2) is 11.8. The number of nitrogens with one attached hydrogen (secondary N) is 2. The molecule has 43 heavy (non-hydrogen) atoms. The predicted octanol–water partition coefficient (Wildman–Crippen LogP) is 9.48. The number of nitrogens with zero attached hydrogens (tertiary/aromatic N) is 2. The van der Waals surface area contributed by atoms with Gasteiger partial charge in [-0.15, -0.1) is 12.6 Å². The van der Waals surface area contributed by atoms with Crippen LogP contribution >= 0.6 is 12.6 Å². The van der Waals surface area contributed by atoms with Crippen molar-refractivity contribution in [3.05, 3.63) is 150 Å². The number of rotatable bonds is 6. The smallest absolute Gasteiger partial charge is 0.169 e. The fourth-order valence-corrected chi connectivity index (χ4v) is 6.25. The Morgan fingerprint density at radius 1 is 0.814 bits per heavy atom. The SMILES string of the molecule is C=Cc1ccc2c(ccc3cccc(NC4=CCCCC(C5=NC(c6ccccc6)N=C(c6ccccc6)N5)=C4)c32)c1S. The Labute approximate surface area is 257 Å². The number of aliphatic imine (C=N–C) groups is 2. The third kappa shape index (κ3) is 5.40. The van der Waals surface area contributed by atoms with Crippen molar-refractivity contribution in [2.45, 2.75) is 30.3 Å². The van der Waals surface area contributed by atoms with E-state index >= 15 is 0 Å². The first-order valence-corrected chi connectivity index (χ1v) is 15.1. The van der Waals surface area contributed by atoms with Gasteiger partial charge in [-0.25, -0.2) is 9.98 Å². The lowest BCUT2D eigenvalue weighted by molar-refractivity contribution is 0.750. The summed E-state index contributed by atoms with van der Waals surface area (Å²) in [4.78, 5) is 11.1. The molecule has 5 aromatic carbocycles. The number of hydrogen-bond acceptors (Lipinski definition) is 5. The molecule has 1 unspecified atom stereocenters. The summed E-state index contributed by atoms with van der Waals surface area (Å²) in [6.45, 7) is 3.96. The maximum atomic E-state index is 5.13. The minimum absolute atomic E-state index is 0.308. The highest BCUT2D eigenvalue weighted by atomic mass is 32.1. The van der Waals surface area contributed by atoms with Gasteiger partial charge in [0, 0.05) is 27.2 Å². The van der Waals surface area contributed by atoms with Crippen molar-refractivity contribution >= 4 is 57.6 Å². The highest BCUT2D eigenvalue weighted by molar-refractivity contribution is 7.80. The van der Waals surface area contributed by atoms with E-state index in [0.717, 1.165) is 69.3 Å². The quantitative estimate of drug-likeness (QED) is 0.139. The molecular weight excluding hydrogens is 545 g/mol. The molecule has 7 rings (SSSR count). The summed E-state index contributed by atoms with van der Waals surface area (Å²) in [7, 11) is 0. The second-order valence-corrected chi connectivity index (χ2v) is 11.3. The van der Waals surface area contributed by atoms with Gasteiger partial charge in [0.25, 0.3) is 0 Å². The summed E-state index contributed by atoms with van der Waals surface area (Å²) < 4.78 is 0. The maximum absolute atomic E-state index is 5.13. The van der Waals surface area contributed by atoms with Gasteiger partial charge in [-0.3, -0.25) is 0 Å². The largest absolute Gasteiger partial charge is 0.355 e. The van der Waals surface area contributed by atoms with Crippen molar-refractivity contribution in [1.29, 1.82) is 0 Å². The lowest BCUT2D eigenvalue weighted by atomic mass is 9.98. The number of hydrogen-bond donors (Lipinski definition) is 3. The van der Waals surface area contributed by atoms with Crippen molar-refractivity contribution in [2.75, 3.05) is 5.32 Å². The molecule has 1 aliphatic heterocycles. The van der Waals surface area contributed by atoms with Crippen molar-refractivity contribution in [3.63, 3.8) is 0 Å². The summed E-state index contributed by atoms with van der Waals surface area (Å²) in [5.41, 5.74) is 6.45. The highest BCUT2D eigenvalue weighted by Gasteiger charge is 2.22. The van der Waals surface area contributed by atoms with Crippen LogP contribution in [0.2, 0.25) is 0 Å². The van der Waals surface area contributed by atoms with E-state index in [2.05, 4.69) is 96.1 Å². The van der Waals surface area contributed by atoms with Crippen molar-refractivity contribution in [2.24, 2.45) is 9.98 Å². The fraction of sp³-hybridized carbons (Fsp3) is 0.105. The predicted molar refractivity (Wildman–Crippen MR) is 185 cm³/mol. The molecule has 1 heterocycles. The average Bonchev–Trinajstić information content (AvgIpc) is 3.31. The number of anilines is 1. The Bertz CT molecular complexity index is 1970. The van der Waals surface area contributed by atoms with E-state index in [1.807, 2.05) is 42.5 Å².